The lowest BCUT2D eigenvalue weighted by molar-refractivity contribution is -0.146. The lowest BCUT2D eigenvalue weighted by Crippen LogP contribution is -2.54. The second-order valence-corrected chi connectivity index (χ2v) is 8.37. The number of methoxy groups -OCH3 is 1. The molecule has 33 heavy (non-hydrogen) atoms. The Morgan fingerprint density at radius 1 is 1.36 bits per heavy atom. The first kappa shape index (κ1) is 24.9. The maximum Gasteiger partial charge on any atom is 0.406 e. The Bertz CT molecular complexity index is 839. The van der Waals surface area contributed by atoms with Gasteiger partial charge in [0.1, 0.15) is 6.10 Å². The van der Waals surface area contributed by atoms with Gasteiger partial charge in [0.15, 0.2) is 0 Å². The summed E-state index contributed by atoms with van der Waals surface area (Å²) < 4.78 is 10.2. The van der Waals surface area contributed by atoms with Crippen molar-refractivity contribution in [3.8, 4) is 0 Å². The number of ether oxygens (including phenoxy) is 2. The molecule has 10 heteroatoms. The van der Waals surface area contributed by atoms with Crippen molar-refractivity contribution in [2.24, 2.45) is 0 Å². The van der Waals surface area contributed by atoms with Gasteiger partial charge < -0.3 is 40.8 Å². The Morgan fingerprint density at radius 2 is 2.15 bits per heavy atom. The van der Waals surface area contributed by atoms with Gasteiger partial charge in [0.2, 0.25) is 0 Å². The number of carbonyl (C=O) groups excluding carboxylic acids is 2. The monoisotopic (exact) mass is 461 g/mol. The molecular formula is C23H35N5O5. The largest absolute Gasteiger partial charge is 0.453 e. The minimum absolute atomic E-state index is 0.0719. The number of aliphatic hydroxyl groups excluding tert-OH is 1. The summed E-state index contributed by atoms with van der Waals surface area (Å²) in [6, 6.07) is 5.14. The van der Waals surface area contributed by atoms with E-state index in [0.717, 1.165) is 30.6 Å². The molecule has 5 N–H and O–H groups in total. The van der Waals surface area contributed by atoms with Crippen LogP contribution >= 0.6 is 0 Å². The van der Waals surface area contributed by atoms with E-state index in [0.29, 0.717) is 43.9 Å². The SMILES string of the molecule is COC(=O)NCCCNc1cc(CO)ccc1C(=N)[C@@H](C)N(C(=O)[C@H]1CNCCO1)C1CC1. The van der Waals surface area contributed by atoms with Crippen LogP contribution in [-0.4, -0.2) is 85.8 Å². The molecule has 1 aliphatic heterocycles. The highest BCUT2D eigenvalue weighted by atomic mass is 16.5. The molecule has 0 bridgehead atoms. The van der Waals surface area contributed by atoms with Gasteiger partial charge in [-0.05, 0) is 37.8 Å². The molecule has 1 heterocycles. The lowest BCUT2D eigenvalue weighted by atomic mass is 9.98. The smallest absolute Gasteiger partial charge is 0.406 e. The zero-order chi connectivity index (χ0) is 23.8. The molecule has 1 aromatic carbocycles. The number of hydrogen-bond acceptors (Lipinski definition) is 8. The Hall–Kier alpha value is -2.69. The number of morpholine rings is 1. The molecule has 1 saturated carbocycles. The fourth-order valence-electron chi connectivity index (χ4n) is 3.94. The molecule has 10 nitrogen and oxygen atoms in total. The molecule has 2 fully saturated rings. The summed E-state index contributed by atoms with van der Waals surface area (Å²) in [4.78, 5) is 26.2. The molecule has 1 aliphatic carbocycles. The Morgan fingerprint density at radius 3 is 2.79 bits per heavy atom. The molecule has 182 valence electrons. The maximum atomic E-state index is 13.2. The van der Waals surface area contributed by atoms with Crippen molar-refractivity contribution in [2.45, 2.75) is 51.0 Å². The average Bonchev–Trinajstić information content (AvgIpc) is 3.68. The lowest BCUT2D eigenvalue weighted by Gasteiger charge is -2.34. The number of amides is 2. The van der Waals surface area contributed by atoms with E-state index in [-0.39, 0.29) is 18.6 Å². The van der Waals surface area contributed by atoms with E-state index < -0.39 is 18.2 Å². The number of rotatable bonds is 11. The normalized spacial score (nSPS) is 18.8. The standard InChI is InChI=1S/C23H35N5O5/c1-15(28(17-5-6-17)22(30)20-13-25-10-11-33-20)21(24)18-7-4-16(14-29)12-19(18)26-8-3-9-27-23(31)32-2/h4,7,12,15,17,20,24-26,29H,3,5-6,8-11,13-14H2,1-2H3,(H,27,31)/t15-,20-/m1/s1. The van der Waals surface area contributed by atoms with Crippen molar-refractivity contribution in [1.82, 2.24) is 15.5 Å². The number of anilines is 1. The van der Waals surface area contributed by atoms with Gasteiger partial charge in [-0.3, -0.25) is 4.79 Å². The summed E-state index contributed by atoms with van der Waals surface area (Å²) in [7, 11) is 1.32. The topological polar surface area (TPSA) is 136 Å². The molecule has 0 aromatic heterocycles. The van der Waals surface area contributed by atoms with Gasteiger partial charge in [0, 0.05) is 43.5 Å². The summed E-state index contributed by atoms with van der Waals surface area (Å²) in [6.45, 7) is 4.50. The Labute approximate surface area is 194 Å². The van der Waals surface area contributed by atoms with Crippen molar-refractivity contribution in [2.75, 3.05) is 45.2 Å². The van der Waals surface area contributed by atoms with Gasteiger partial charge in [-0.15, -0.1) is 0 Å². The van der Waals surface area contributed by atoms with Gasteiger partial charge in [-0.1, -0.05) is 12.1 Å². The van der Waals surface area contributed by atoms with E-state index in [9.17, 15) is 14.7 Å². The predicted octanol–water partition coefficient (Wildman–Crippen LogP) is 1.07. The van der Waals surface area contributed by atoms with Crippen LogP contribution < -0.4 is 16.0 Å². The van der Waals surface area contributed by atoms with Crippen molar-refractivity contribution < 1.29 is 24.2 Å². The van der Waals surface area contributed by atoms with Gasteiger partial charge in [0.25, 0.3) is 5.91 Å². The second kappa shape index (κ2) is 12.0. The summed E-state index contributed by atoms with van der Waals surface area (Å²) >= 11 is 0. The molecule has 1 saturated heterocycles. The Kier molecular flexibility index (Phi) is 9.04. The first-order valence-corrected chi connectivity index (χ1v) is 11.5. The number of aliphatic hydroxyl groups is 1. The van der Waals surface area contributed by atoms with Crippen LogP contribution in [0.2, 0.25) is 0 Å². The van der Waals surface area contributed by atoms with Crippen molar-refractivity contribution in [3.05, 3.63) is 29.3 Å². The number of carbonyl (C=O) groups is 2. The molecule has 3 rings (SSSR count). The molecule has 1 aromatic rings. The van der Waals surface area contributed by atoms with Crippen molar-refractivity contribution in [1.29, 1.82) is 5.41 Å². The van der Waals surface area contributed by atoms with Crippen LogP contribution in [-0.2, 0) is 20.9 Å². The molecule has 0 radical (unpaired) electrons. The van der Waals surface area contributed by atoms with Crippen LogP contribution in [0, 0.1) is 5.41 Å². The fourth-order valence-corrected chi connectivity index (χ4v) is 3.94. The first-order chi connectivity index (χ1) is 16.0. The van der Waals surface area contributed by atoms with E-state index in [4.69, 9.17) is 10.1 Å². The van der Waals surface area contributed by atoms with E-state index in [2.05, 4.69) is 20.7 Å². The highest BCUT2D eigenvalue weighted by molar-refractivity contribution is 6.07. The fraction of sp³-hybridized carbons (Fsp3) is 0.609. The quantitative estimate of drug-likeness (QED) is 0.246. The van der Waals surface area contributed by atoms with Gasteiger partial charge in [-0.2, -0.15) is 0 Å². The molecule has 2 aliphatic rings. The van der Waals surface area contributed by atoms with Crippen LogP contribution in [0.1, 0.15) is 37.3 Å². The number of hydrogen-bond donors (Lipinski definition) is 5. The summed E-state index contributed by atoms with van der Waals surface area (Å²) in [5.74, 6) is -0.0719. The van der Waals surface area contributed by atoms with E-state index in [1.54, 1.807) is 6.07 Å². The van der Waals surface area contributed by atoms with Crippen molar-refractivity contribution >= 4 is 23.4 Å². The van der Waals surface area contributed by atoms with E-state index >= 15 is 0 Å². The maximum absolute atomic E-state index is 13.2. The zero-order valence-corrected chi connectivity index (χ0v) is 19.4. The molecular weight excluding hydrogens is 426 g/mol. The van der Waals surface area contributed by atoms with Crippen LogP contribution in [0.3, 0.4) is 0 Å². The number of benzene rings is 1. The third-order valence-corrected chi connectivity index (χ3v) is 5.91. The van der Waals surface area contributed by atoms with Crippen LogP contribution in [0.25, 0.3) is 0 Å². The first-order valence-electron chi connectivity index (χ1n) is 11.5. The third-order valence-electron chi connectivity index (χ3n) is 5.91. The molecule has 0 spiro atoms. The third kappa shape index (κ3) is 6.66. The summed E-state index contributed by atoms with van der Waals surface area (Å²) in [6.07, 6.45) is 1.53. The Balaban J connectivity index is 1.71. The minimum Gasteiger partial charge on any atom is -0.453 e. The highest BCUT2D eigenvalue weighted by Gasteiger charge is 2.41. The van der Waals surface area contributed by atoms with Crippen LogP contribution in [0.4, 0.5) is 10.5 Å². The van der Waals surface area contributed by atoms with Crippen molar-refractivity contribution in [3.63, 3.8) is 0 Å². The second-order valence-electron chi connectivity index (χ2n) is 8.37. The van der Waals surface area contributed by atoms with Crippen LogP contribution in [0.15, 0.2) is 18.2 Å². The van der Waals surface area contributed by atoms with E-state index in [1.165, 1.54) is 7.11 Å². The summed E-state index contributed by atoms with van der Waals surface area (Å²) in [5, 5.41) is 27.6. The average molecular weight is 462 g/mol. The van der Waals surface area contributed by atoms with Gasteiger partial charge in [0.05, 0.1) is 32.1 Å². The van der Waals surface area contributed by atoms with Gasteiger partial charge in [-0.25, -0.2) is 4.79 Å². The predicted molar refractivity (Wildman–Crippen MR) is 125 cm³/mol. The number of nitrogens with one attached hydrogen (secondary N) is 4. The molecule has 2 amide bonds. The number of nitrogens with zero attached hydrogens (tertiary/aromatic N) is 1. The number of alkyl carbamates (subject to hydrolysis) is 1. The minimum atomic E-state index is -0.522. The zero-order valence-electron chi connectivity index (χ0n) is 19.4. The van der Waals surface area contributed by atoms with Gasteiger partial charge >= 0.3 is 6.09 Å². The molecule has 0 unspecified atom stereocenters. The van der Waals surface area contributed by atoms with Crippen LogP contribution in [0.5, 0.6) is 0 Å². The highest BCUT2D eigenvalue weighted by Crippen LogP contribution is 2.32. The summed E-state index contributed by atoms with van der Waals surface area (Å²) in [5.41, 5.74) is 2.46. The van der Waals surface area contributed by atoms with E-state index in [1.807, 2.05) is 24.0 Å². The molecule has 2 atom stereocenters.